The number of hydrogen-bond donors (Lipinski definition) is 3. The molecular formula is C13H14N4O4. The first-order chi connectivity index (χ1) is 10.1. The van der Waals surface area contributed by atoms with Gasteiger partial charge in [0.05, 0.1) is 0 Å². The molecule has 0 aliphatic carbocycles. The Morgan fingerprint density at radius 2 is 2.19 bits per heavy atom. The molecule has 4 N–H and O–H groups in total. The normalized spacial score (nSPS) is 11.4. The zero-order chi connectivity index (χ0) is 15.2. The molecule has 0 bridgehead atoms. The lowest BCUT2D eigenvalue weighted by Gasteiger charge is -2.04. The number of amidine groups is 1. The molecule has 2 aromatic rings. The lowest BCUT2D eigenvalue weighted by Crippen LogP contribution is -2.14. The van der Waals surface area contributed by atoms with Gasteiger partial charge in [-0.1, -0.05) is 10.3 Å². The fourth-order valence-electron chi connectivity index (χ4n) is 1.61. The predicted octanol–water partition coefficient (Wildman–Crippen LogP) is 1.17. The van der Waals surface area contributed by atoms with Crippen LogP contribution in [0.3, 0.4) is 0 Å². The Kier molecular flexibility index (Phi) is 4.52. The molecule has 1 aromatic heterocycles. The Labute approximate surface area is 120 Å². The van der Waals surface area contributed by atoms with E-state index in [0.717, 1.165) is 0 Å². The SMILES string of the molecule is COCc1cc(C(=O)Nc2ccc(C(N)=NO)cc2)no1. The molecular weight excluding hydrogens is 276 g/mol. The van der Waals surface area contributed by atoms with Gasteiger partial charge in [-0.3, -0.25) is 4.79 Å². The average molecular weight is 290 g/mol. The summed E-state index contributed by atoms with van der Waals surface area (Å²) in [4.78, 5) is 11.9. The van der Waals surface area contributed by atoms with Crippen molar-refractivity contribution in [1.29, 1.82) is 0 Å². The number of nitrogens with two attached hydrogens (primary N) is 1. The van der Waals surface area contributed by atoms with Crippen molar-refractivity contribution in [2.45, 2.75) is 6.61 Å². The number of rotatable bonds is 5. The summed E-state index contributed by atoms with van der Waals surface area (Å²) in [5.41, 5.74) is 6.69. The van der Waals surface area contributed by atoms with Crippen LogP contribution in [0.5, 0.6) is 0 Å². The summed E-state index contributed by atoms with van der Waals surface area (Å²) in [6, 6.07) is 7.99. The van der Waals surface area contributed by atoms with Crippen molar-refractivity contribution in [3.8, 4) is 0 Å². The molecule has 0 saturated heterocycles. The van der Waals surface area contributed by atoms with Gasteiger partial charge in [0.2, 0.25) is 0 Å². The van der Waals surface area contributed by atoms with E-state index in [2.05, 4.69) is 15.6 Å². The molecule has 8 nitrogen and oxygen atoms in total. The van der Waals surface area contributed by atoms with Crippen LogP contribution in [0.2, 0.25) is 0 Å². The first-order valence-electron chi connectivity index (χ1n) is 5.98. The zero-order valence-corrected chi connectivity index (χ0v) is 11.2. The molecule has 0 unspecified atom stereocenters. The van der Waals surface area contributed by atoms with Gasteiger partial charge >= 0.3 is 0 Å². The molecule has 21 heavy (non-hydrogen) atoms. The molecule has 2 rings (SSSR count). The molecule has 0 aliphatic heterocycles. The molecule has 0 aliphatic rings. The number of benzene rings is 1. The smallest absolute Gasteiger partial charge is 0.277 e. The van der Waals surface area contributed by atoms with Gasteiger partial charge in [-0.15, -0.1) is 0 Å². The zero-order valence-electron chi connectivity index (χ0n) is 11.2. The number of methoxy groups -OCH3 is 1. The molecule has 0 atom stereocenters. The molecule has 1 heterocycles. The number of carbonyl (C=O) groups excluding carboxylic acids is 1. The molecule has 0 radical (unpaired) electrons. The van der Waals surface area contributed by atoms with E-state index in [1.54, 1.807) is 24.3 Å². The van der Waals surface area contributed by atoms with E-state index in [1.165, 1.54) is 13.2 Å². The number of oxime groups is 1. The number of carbonyl (C=O) groups is 1. The minimum Gasteiger partial charge on any atom is -0.409 e. The summed E-state index contributed by atoms with van der Waals surface area (Å²) in [5, 5.41) is 17.8. The standard InChI is InChI=1S/C13H14N4O4/c1-20-7-10-6-11(17-21-10)13(18)15-9-4-2-8(3-5-9)12(14)16-19/h2-6,19H,7H2,1H3,(H2,14,16)(H,15,18). The van der Waals surface area contributed by atoms with Crippen molar-refractivity contribution in [3.05, 3.63) is 47.3 Å². The first-order valence-corrected chi connectivity index (χ1v) is 5.98. The number of anilines is 1. The van der Waals surface area contributed by atoms with Crippen molar-refractivity contribution < 1.29 is 19.3 Å². The lowest BCUT2D eigenvalue weighted by molar-refractivity contribution is 0.101. The van der Waals surface area contributed by atoms with Crippen molar-refractivity contribution >= 4 is 17.4 Å². The van der Waals surface area contributed by atoms with Crippen LogP contribution in [0.15, 0.2) is 40.0 Å². The second kappa shape index (κ2) is 6.53. The average Bonchev–Trinajstić information content (AvgIpc) is 2.96. The Morgan fingerprint density at radius 3 is 2.81 bits per heavy atom. The first kappa shape index (κ1) is 14.5. The molecule has 110 valence electrons. The van der Waals surface area contributed by atoms with Crippen molar-refractivity contribution in [3.63, 3.8) is 0 Å². The number of aromatic nitrogens is 1. The second-order valence-electron chi connectivity index (χ2n) is 4.13. The van der Waals surface area contributed by atoms with Gasteiger partial charge in [0.15, 0.2) is 17.3 Å². The van der Waals surface area contributed by atoms with Gasteiger partial charge in [0.25, 0.3) is 5.91 Å². The summed E-state index contributed by atoms with van der Waals surface area (Å²) in [5.74, 6) is 0.0520. The van der Waals surface area contributed by atoms with Crippen LogP contribution in [0.25, 0.3) is 0 Å². The topological polar surface area (TPSA) is 123 Å². The summed E-state index contributed by atoms with van der Waals surface area (Å²) < 4.78 is 9.81. The highest BCUT2D eigenvalue weighted by atomic mass is 16.5. The maximum absolute atomic E-state index is 11.9. The Balaban J connectivity index is 2.05. The van der Waals surface area contributed by atoms with Crippen LogP contribution in [0, 0.1) is 0 Å². The van der Waals surface area contributed by atoms with Crippen molar-refractivity contribution in [1.82, 2.24) is 5.16 Å². The maximum atomic E-state index is 11.9. The minimum absolute atomic E-state index is 0.00594. The predicted molar refractivity (Wildman–Crippen MR) is 74.1 cm³/mol. The number of ether oxygens (including phenoxy) is 1. The Hall–Kier alpha value is -2.87. The molecule has 0 fully saturated rings. The molecule has 8 heteroatoms. The van der Waals surface area contributed by atoms with E-state index in [1.807, 2.05) is 0 Å². The highest BCUT2D eigenvalue weighted by Gasteiger charge is 2.12. The monoisotopic (exact) mass is 290 g/mol. The summed E-state index contributed by atoms with van der Waals surface area (Å²) >= 11 is 0. The number of nitrogens with zero attached hydrogens (tertiary/aromatic N) is 2. The van der Waals surface area contributed by atoms with E-state index in [-0.39, 0.29) is 18.1 Å². The fraction of sp³-hybridized carbons (Fsp3) is 0.154. The maximum Gasteiger partial charge on any atom is 0.277 e. The van der Waals surface area contributed by atoms with Gasteiger partial charge in [0.1, 0.15) is 6.61 Å². The fourth-order valence-corrected chi connectivity index (χ4v) is 1.61. The van der Waals surface area contributed by atoms with E-state index in [9.17, 15) is 4.79 Å². The third-order valence-electron chi connectivity index (χ3n) is 2.62. The largest absolute Gasteiger partial charge is 0.409 e. The molecule has 0 spiro atoms. The number of amides is 1. The molecule has 0 saturated carbocycles. The van der Waals surface area contributed by atoms with Gasteiger partial charge in [-0.25, -0.2) is 0 Å². The van der Waals surface area contributed by atoms with E-state index in [0.29, 0.717) is 17.0 Å². The Morgan fingerprint density at radius 1 is 1.48 bits per heavy atom. The third-order valence-corrected chi connectivity index (χ3v) is 2.62. The van der Waals surface area contributed by atoms with E-state index < -0.39 is 5.91 Å². The summed E-state index contributed by atoms with van der Waals surface area (Å²) in [6.07, 6.45) is 0. The van der Waals surface area contributed by atoms with Gasteiger partial charge in [-0.05, 0) is 24.3 Å². The van der Waals surface area contributed by atoms with Gasteiger partial charge < -0.3 is 25.5 Å². The van der Waals surface area contributed by atoms with E-state index >= 15 is 0 Å². The second-order valence-corrected chi connectivity index (χ2v) is 4.13. The Bertz CT molecular complexity index is 648. The highest BCUT2D eigenvalue weighted by molar-refractivity contribution is 6.03. The molecule has 1 amide bonds. The van der Waals surface area contributed by atoms with Crippen LogP contribution in [0.1, 0.15) is 21.8 Å². The quantitative estimate of drug-likeness (QED) is 0.329. The van der Waals surface area contributed by atoms with Crippen LogP contribution >= 0.6 is 0 Å². The highest BCUT2D eigenvalue weighted by Crippen LogP contribution is 2.12. The van der Waals surface area contributed by atoms with E-state index in [4.69, 9.17) is 20.2 Å². The third kappa shape index (κ3) is 3.57. The minimum atomic E-state index is -0.405. The number of nitrogens with one attached hydrogen (secondary N) is 1. The van der Waals surface area contributed by atoms with Gasteiger partial charge in [0, 0.05) is 24.4 Å². The van der Waals surface area contributed by atoms with Crippen LogP contribution in [-0.4, -0.2) is 29.2 Å². The van der Waals surface area contributed by atoms with Crippen molar-refractivity contribution in [2.75, 3.05) is 12.4 Å². The number of hydrogen-bond acceptors (Lipinski definition) is 6. The summed E-state index contributed by atoms with van der Waals surface area (Å²) in [6.45, 7) is 0.245. The lowest BCUT2D eigenvalue weighted by atomic mass is 10.2. The molecule has 1 aromatic carbocycles. The van der Waals surface area contributed by atoms with Crippen LogP contribution in [-0.2, 0) is 11.3 Å². The van der Waals surface area contributed by atoms with Crippen LogP contribution in [0.4, 0.5) is 5.69 Å². The van der Waals surface area contributed by atoms with Crippen LogP contribution < -0.4 is 11.1 Å². The summed E-state index contributed by atoms with van der Waals surface area (Å²) in [7, 11) is 1.52. The van der Waals surface area contributed by atoms with Gasteiger partial charge in [-0.2, -0.15) is 0 Å². The van der Waals surface area contributed by atoms with Crippen molar-refractivity contribution in [2.24, 2.45) is 10.9 Å².